The third-order valence-electron chi connectivity index (χ3n) is 2.43. The van der Waals surface area contributed by atoms with Gasteiger partial charge in [0.25, 0.3) is 0 Å². The van der Waals surface area contributed by atoms with Crippen molar-refractivity contribution in [3.63, 3.8) is 0 Å². The Hall–Kier alpha value is -1.16. The number of hydrogen-bond acceptors (Lipinski definition) is 2. The Morgan fingerprint density at radius 1 is 1.35 bits per heavy atom. The van der Waals surface area contributed by atoms with Gasteiger partial charge in [0.05, 0.1) is 12.2 Å². The van der Waals surface area contributed by atoms with Gasteiger partial charge in [-0.05, 0) is 25.1 Å². The highest BCUT2D eigenvalue weighted by atomic mass is 28.3. The molecule has 0 aromatic heterocycles. The van der Waals surface area contributed by atoms with E-state index in [0.29, 0.717) is 6.61 Å². The van der Waals surface area contributed by atoms with Crippen molar-refractivity contribution in [2.45, 2.75) is 32.6 Å². The molecule has 0 amide bonds. The third-order valence-corrected chi connectivity index (χ3v) is 4.13. The summed E-state index contributed by atoms with van der Waals surface area (Å²) in [5, 5.41) is 0. The molecule has 0 unspecified atom stereocenters. The number of benzene rings is 1. The summed E-state index contributed by atoms with van der Waals surface area (Å²) < 4.78 is 18.5. The topological polar surface area (TPSA) is 26.3 Å². The fourth-order valence-corrected chi connectivity index (χ4v) is 2.04. The Balaban J connectivity index is 2.61. The number of hydrogen-bond donors (Lipinski definition) is 0. The Bertz CT molecular complexity index is 410. The second-order valence-electron chi connectivity index (χ2n) is 5.43. The molecule has 0 spiro atoms. The standard InChI is InChI=1S/C13H19FO2Si/c1-10-5-6-12(14)11(9-10)13(15)16-7-8-17(2,3)4/h5-6,9H,7-8H2,1-4H3. The van der Waals surface area contributed by atoms with Crippen molar-refractivity contribution in [3.05, 3.63) is 35.1 Å². The van der Waals surface area contributed by atoms with Gasteiger partial charge in [0.1, 0.15) is 5.82 Å². The maximum absolute atomic E-state index is 13.4. The SMILES string of the molecule is Cc1ccc(F)c(C(=O)OCC[Si](C)(C)C)c1. The van der Waals surface area contributed by atoms with Gasteiger partial charge < -0.3 is 4.74 Å². The smallest absolute Gasteiger partial charge is 0.341 e. The van der Waals surface area contributed by atoms with E-state index in [1.165, 1.54) is 12.1 Å². The predicted octanol–water partition coefficient (Wildman–Crippen LogP) is 3.63. The molecule has 4 heteroatoms. The van der Waals surface area contributed by atoms with Gasteiger partial charge in [-0.15, -0.1) is 0 Å². The average molecular weight is 254 g/mol. The first-order valence-corrected chi connectivity index (χ1v) is 9.43. The monoisotopic (exact) mass is 254 g/mol. The van der Waals surface area contributed by atoms with Gasteiger partial charge in [0.2, 0.25) is 0 Å². The molecule has 2 nitrogen and oxygen atoms in total. The van der Waals surface area contributed by atoms with Gasteiger partial charge in [-0.25, -0.2) is 9.18 Å². The van der Waals surface area contributed by atoms with Gasteiger partial charge >= 0.3 is 5.97 Å². The van der Waals surface area contributed by atoms with Crippen LogP contribution in [0, 0.1) is 12.7 Å². The van der Waals surface area contributed by atoms with E-state index in [-0.39, 0.29) is 5.56 Å². The zero-order valence-electron chi connectivity index (χ0n) is 10.8. The van der Waals surface area contributed by atoms with Crippen LogP contribution in [-0.2, 0) is 4.74 Å². The summed E-state index contributed by atoms with van der Waals surface area (Å²) in [5.74, 6) is -1.09. The molecule has 17 heavy (non-hydrogen) atoms. The number of esters is 1. The summed E-state index contributed by atoms with van der Waals surface area (Å²) in [7, 11) is -1.22. The van der Waals surface area contributed by atoms with Crippen molar-refractivity contribution in [3.8, 4) is 0 Å². The Morgan fingerprint density at radius 2 is 2.00 bits per heavy atom. The number of rotatable bonds is 4. The van der Waals surface area contributed by atoms with E-state index in [9.17, 15) is 9.18 Å². The van der Waals surface area contributed by atoms with Crippen molar-refractivity contribution in [1.82, 2.24) is 0 Å². The predicted molar refractivity (Wildman–Crippen MR) is 69.6 cm³/mol. The molecule has 0 aliphatic rings. The molecular formula is C13H19FO2Si. The van der Waals surface area contributed by atoms with Crippen LogP contribution in [0.25, 0.3) is 0 Å². The molecule has 0 aliphatic heterocycles. The molecule has 1 aromatic carbocycles. The van der Waals surface area contributed by atoms with E-state index >= 15 is 0 Å². The van der Waals surface area contributed by atoms with Crippen LogP contribution in [0.1, 0.15) is 15.9 Å². The van der Waals surface area contributed by atoms with Crippen LogP contribution in [0.4, 0.5) is 4.39 Å². The lowest BCUT2D eigenvalue weighted by molar-refractivity contribution is 0.0520. The van der Waals surface area contributed by atoms with E-state index in [2.05, 4.69) is 19.6 Å². The number of carbonyl (C=O) groups excluding carboxylic acids is 1. The van der Waals surface area contributed by atoms with Crippen molar-refractivity contribution in [1.29, 1.82) is 0 Å². The zero-order valence-corrected chi connectivity index (χ0v) is 11.8. The van der Waals surface area contributed by atoms with Crippen molar-refractivity contribution < 1.29 is 13.9 Å². The van der Waals surface area contributed by atoms with Crippen LogP contribution in [-0.4, -0.2) is 20.7 Å². The summed E-state index contributed by atoms with van der Waals surface area (Å²) in [4.78, 5) is 11.7. The minimum absolute atomic E-state index is 0.0283. The molecule has 0 saturated heterocycles. The van der Waals surface area contributed by atoms with Crippen molar-refractivity contribution >= 4 is 14.0 Å². The molecule has 0 aliphatic carbocycles. The lowest BCUT2D eigenvalue weighted by atomic mass is 10.1. The van der Waals surface area contributed by atoms with Crippen LogP contribution in [0.15, 0.2) is 18.2 Å². The van der Waals surface area contributed by atoms with Crippen molar-refractivity contribution in [2.24, 2.45) is 0 Å². The number of ether oxygens (including phenoxy) is 1. The average Bonchev–Trinajstić information content (AvgIpc) is 2.19. The Labute approximate surface area is 103 Å². The molecule has 1 rings (SSSR count). The third kappa shape index (κ3) is 4.69. The molecule has 0 heterocycles. The normalized spacial score (nSPS) is 11.4. The summed E-state index contributed by atoms with van der Waals surface area (Å²) in [5.41, 5.74) is 0.879. The minimum Gasteiger partial charge on any atom is -0.462 e. The molecule has 0 bridgehead atoms. The quantitative estimate of drug-likeness (QED) is 0.606. The zero-order chi connectivity index (χ0) is 13.1. The van der Waals surface area contributed by atoms with E-state index < -0.39 is 19.9 Å². The minimum atomic E-state index is -1.22. The van der Waals surface area contributed by atoms with Crippen LogP contribution in [0.2, 0.25) is 25.7 Å². The second-order valence-corrected chi connectivity index (χ2v) is 11.1. The van der Waals surface area contributed by atoms with Gasteiger partial charge in [-0.2, -0.15) is 0 Å². The molecule has 0 radical (unpaired) electrons. The van der Waals surface area contributed by atoms with Crippen LogP contribution < -0.4 is 0 Å². The lowest BCUT2D eigenvalue weighted by Crippen LogP contribution is -2.23. The molecule has 0 saturated carbocycles. The fraction of sp³-hybridized carbons (Fsp3) is 0.462. The highest BCUT2D eigenvalue weighted by Gasteiger charge is 2.16. The second kappa shape index (κ2) is 5.45. The Morgan fingerprint density at radius 3 is 2.59 bits per heavy atom. The first kappa shape index (κ1) is 13.9. The van der Waals surface area contributed by atoms with E-state index in [1.54, 1.807) is 6.07 Å². The van der Waals surface area contributed by atoms with Gasteiger partial charge in [0, 0.05) is 8.07 Å². The molecule has 0 fully saturated rings. The van der Waals surface area contributed by atoms with Crippen LogP contribution >= 0.6 is 0 Å². The summed E-state index contributed by atoms with van der Waals surface area (Å²) in [6.45, 7) is 8.80. The van der Waals surface area contributed by atoms with Crippen molar-refractivity contribution in [2.75, 3.05) is 6.61 Å². The molecular weight excluding hydrogens is 235 g/mol. The van der Waals surface area contributed by atoms with Gasteiger partial charge in [0.15, 0.2) is 0 Å². The van der Waals surface area contributed by atoms with Crippen LogP contribution in [0.5, 0.6) is 0 Å². The molecule has 1 aromatic rings. The molecule has 94 valence electrons. The number of carbonyl (C=O) groups is 1. The largest absolute Gasteiger partial charge is 0.462 e. The van der Waals surface area contributed by atoms with Crippen LogP contribution in [0.3, 0.4) is 0 Å². The first-order valence-electron chi connectivity index (χ1n) is 5.73. The highest BCUT2D eigenvalue weighted by Crippen LogP contribution is 2.13. The molecule has 0 atom stereocenters. The summed E-state index contributed by atoms with van der Waals surface area (Å²) in [6, 6.07) is 5.34. The van der Waals surface area contributed by atoms with E-state index in [0.717, 1.165) is 11.6 Å². The first-order chi connectivity index (χ1) is 7.79. The summed E-state index contributed by atoms with van der Waals surface area (Å²) in [6.07, 6.45) is 0. The van der Waals surface area contributed by atoms with E-state index in [1.807, 2.05) is 6.92 Å². The van der Waals surface area contributed by atoms with Gasteiger partial charge in [-0.1, -0.05) is 31.3 Å². The van der Waals surface area contributed by atoms with Gasteiger partial charge in [-0.3, -0.25) is 0 Å². The number of halogens is 1. The lowest BCUT2D eigenvalue weighted by Gasteiger charge is -2.15. The Kier molecular flexibility index (Phi) is 4.45. The molecule has 0 N–H and O–H groups in total. The summed E-state index contributed by atoms with van der Waals surface area (Å²) >= 11 is 0. The number of aryl methyl sites for hydroxylation is 1. The maximum Gasteiger partial charge on any atom is 0.341 e. The van der Waals surface area contributed by atoms with E-state index in [4.69, 9.17) is 4.74 Å². The highest BCUT2D eigenvalue weighted by molar-refractivity contribution is 6.76. The maximum atomic E-state index is 13.4. The fourth-order valence-electron chi connectivity index (χ4n) is 1.32.